The van der Waals surface area contributed by atoms with Crippen molar-refractivity contribution in [3.63, 3.8) is 0 Å². The number of sulfone groups is 1. The zero-order valence-corrected chi connectivity index (χ0v) is 16.6. The maximum atomic E-state index is 11.0. The lowest BCUT2D eigenvalue weighted by Crippen LogP contribution is -2.24. The molecule has 0 atom stereocenters. The van der Waals surface area contributed by atoms with Crippen molar-refractivity contribution in [3.8, 4) is 0 Å². The van der Waals surface area contributed by atoms with Gasteiger partial charge in [-0.3, -0.25) is 4.99 Å². The molecule has 0 radical (unpaired) electrons. The van der Waals surface area contributed by atoms with Crippen molar-refractivity contribution in [1.29, 1.82) is 0 Å². The number of anilines is 1. The molecule has 3 N–H and O–H groups in total. The van der Waals surface area contributed by atoms with Gasteiger partial charge in [0.2, 0.25) is 0 Å². The van der Waals surface area contributed by atoms with E-state index >= 15 is 0 Å². The molecule has 0 saturated heterocycles. The number of rotatable bonds is 7. The van der Waals surface area contributed by atoms with Crippen molar-refractivity contribution in [2.75, 3.05) is 23.9 Å². The van der Waals surface area contributed by atoms with Gasteiger partial charge in [-0.2, -0.15) is 0 Å². The van der Waals surface area contributed by atoms with E-state index in [9.17, 15) is 8.42 Å². The van der Waals surface area contributed by atoms with Crippen LogP contribution < -0.4 is 11.1 Å². The molecule has 5 nitrogen and oxygen atoms in total. The van der Waals surface area contributed by atoms with Gasteiger partial charge in [0.1, 0.15) is 9.84 Å². The summed E-state index contributed by atoms with van der Waals surface area (Å²) < 4.78 is 22.1. The Balaban J connectivity index is 0.00000441. The topological polar surface area (TPSA) is 84.5 Å². The number of halogens is 1. The highest BCUT2D eigenvalue weighted by molar-refractivity contribution is 14.0. The van der Waals surface area contributed by atoms with Crippen LogP contribution in [0.2, 0.25) is 0 Å². The molecule has 0 aliphatic carbocycles. The number of hydrogen-bond donors (Lipinski definition) is 2. The van der Waals surface area contributed by atoms with E-state index in [1.54, 1.807) is 0 Å². The summed E-state index contributed by atoms with van der Waals surface area (Å²) in [5.74, 6) is 0.467. The highest BCUT2D eigenvalue weighted by Gasteiger charge is 2.07. The van der Waals surface area contributed by atoms with Gasteiger partial charge < -0.3 is 11.1 Å². The monoisotopic (exact) mass is 439 g/mol. The summed E-state index contributed by atoms with van der Waals surface area (Å²) in [4.78, 5) is 4.19. The van der Waals surface area contributed by atoms with Crippen LogP contribution in [0.15, 0.2) is 23.2 Å². The molecule has 1 aromatic carbocycles. The van der Waals surface area contributed by atoms with Gasteiger partial charge in [0, 0.05) is 18.5 Å². The third-order valence-electron chi connectivity index (χ3n) is 3.21. The van der Waals surface area contributed by atoms with Gasteiger partial charge in [0.25, 0.3) is 0 Å². The minimum absolute atomic E-state index is 0. The number of para-hydroxylation sites is 1. The van der Waals surface area contributed by atoms with E-state index in [4.69, 9.17) is 5.73 Å². The Morgan fingerprint density at radius 3 is 2.23 bits per heavy atom. The van der Waals surface area contributed by atoms with Crippen molar-refractivity contribution in [3.05, 3.63) is 29.3 Å². The average molecular weight is 439 g/mol. The Morgan fingerprint density at radius 2 is 1.77 bits per heavy atom. The molecule has 0 aliphatic rings. The van der Waals surface area contributed by atoms with Crippen LogP contribution in [0.3, 0.4) is 0 Å². The number of aliphatic imine (C=N–C) groups is 1. The second kappa shape index (κ2) is 10.0. The van der Waals surface area contributed by atoms with E-state index in [1.807, 2.05) is 6.07 Å². The SMILES string of the molecule is CCc1cccc(CC)c1NC(N)=NCCCS(C)(=O)=O.I. The third-order valence-corrected chi connectivity index (χ3v) is 4.24. The second-order valence-corrected chi connectivity index (χ2v) is 7.29. The van der Waals surface area contributed by atoms with Gasteiger partial charge >= 0.3 is 0 Å². The summed E-state index contributed by atoms with van der Waals surface area (Å²) in [7, 11) is -2.93. The van der Waals surface area contributed by atoms with E-state index in [2.05, 4.69) is 36.3 Å². The number of nitrogens with zero attached hydrogens (tertiary/aromatic N) is 1. The van der Waals surface area contributed by atoms with Crippen LogP contribution in [0.4, 0.5) is 5.69 Å². The Hall–Kier alpha value is -0.830. The molecule has 7 heteroatoms. The molecule has 0 fully saturated rings. The molecule has 1 aromatic rings. The van der Waals surface area contributed by atoms with Crippen LogP contribution in [0.5, 0.6) is 0 Å². The molecule has 22 heavy (non-hydrogen) atoms. The van der Waals surface area contributed by atoms with Crippen LogP contribution in [0, 0.1) is 0 Å². The van der Waals surface area contributed by atoms with Gasteiger partial charge in [-0.1, -0.05) is 32.0 Å². The fraction of sp³-hybridized carbons (Fsp3) is 0.533. The fourth-order valence-corrected chi connectivity index (χ4v) is 2.75. The van der Waals surface area contributed by atoms with Crippen LogP contribution in [0.25, 0.3) is 0 Å². The zero-order valence-electron chi connectivity index (χ0n) is 13.4. The Kier molecular flexibility index (Phi) is 9.66. The number of aryl methyl sites for hydroxylation is 2. The molecular formula is C15H26IN3O2S. The first kappa shape index (κ1) is 21.2. The molecule has 0 saturated carbocycles. The summed E-state index contributed by atoms with van der Waals surface area (Å²) in [6.07, 6.45) is 3.54. The quantitative estimate of drug-likeness (QED) is 0.296. The second-order valence-electron chi connectivity index (χ2n) is 5.03. The standard InChI is InChI=1S/C15H25N3O2S.HI/c1-4-12-8-6-9-13(5-2)14(12)18-15(16)17-10-7-11-21(3,19)20;/h6,8-9H,4-5,7,10-11H2,1-3H3,(H3,16,17,18);1H. The van der Waals surface area contributed by atoms with Crippen LogP contribution in [0.1, 0.15) is 31.4 Å². The van der Waals surface area contributed by atoms with Crippen molar-refractivity contribution in [1.82, 2.24) is 0 Å². The van der Waals surface area contributed by atoms with E-state index in [0.29, 0.717) is 18.9 Å². The highest BCUT2D eigenvalue weighted by Crippen LogP contribution is 2.22. The first-order chi connectivity index (χ1) is 9.87. The molecule has 0 amide bonds. The molecule has 0 spiro atoms. The summed E-state index contributed by atoms with van der Waals surface area (Å²) >= 11 is 0. The summed E-state index contributed by atoms with van der Waals surface area (Å²) in [5.41, 5.74) is 9.31. The molecule has 126 valence electrons. The number of guanidine groups is 1. The maximum Gasteiger partial charge on any atom is 0.193 e. The predicted octanol–water partition coefficient (Wildman–Crippen LogP) is 2.59. The summed E-state index contributed by atoms with van der Waals surface area (Å²) in [5, 5.41) is 3.16. The number of hydrogen-bond acceptors (Lipinski definition) is 3. The van der Waals surface area contributed by atoms with Crippen LogP contribution in [-0.2, 0) is 22.7 Å². The number of nitrogens with one attached hydrogen (secondary N) is 1. The minimum atomic E-state index is -2.93. The molecule has 0 aliphatic heterocycles. The summed E-state index contributed by atoms with van der Waals surface area (Å²) in [6.45, 7) is 4.60. The lowest BCUT2D eigenvalue weighted by molar-refractivity contribution is 0.599. The third kappa shape index (κ3) is 7.44. The number of benzene rings is 1. The molecule has 0 bridgehead atoms. The zero-order chi connectivity index (χ0) is 15.9. The van der Waals surface area contributed by atoms with Crippen molar-refractivity contribution >= 4 is 45.5 Å². The van der Waals surface area contributed by atoms with Gasteiger partial charge in [0.15, 0.2) is 5.96 Å². The van der Waals surface area contributed by atoms with Gasteiger partial charge in [-0.15, -0.1) is 24.0 Å². The van der Waals surface area contributed by atoms with Gasteiger partial charge in [0.05, 0.1) is 5.75 Å². The van der Waals surface area contributed by atoms with E-state index in [-0.39, 0.29) is 29.7 Å². The van der Waals surface area contributed by atoms with Gasteiger partial charge in [-0.05, 0) is 30.4 Å². The van der Waals surface area contributed by atoms with E-state index in [0.717, 1.165) is 18.5 Å². The predicted molar refractivity (Wildman–Crippen MR) is 105 cm³/mol. The van der Waals surface area contributed by atoms with Crippen molar-refractivity contribution in [2.45, 2.75) is 33.1 Å². The molecule has 0 heterocycles. The first-order valence-electron chi connectivity index (χ1n) is 7.22. The number of nitrogens with two attached hydrogens (primary N) is 1. The van der Waals surface area contributed by atoms with Crippen molar-refractivity contribution in [2.24, 2.45) is 10.7 Å². The van der Waals surface area contributed by atoms with Crippen molar-refractivity contribution < 1.29 is 8.42 Å². The normalized spacial score (nSPS) is 11.9. The Bertz CT molecular complexity index is 579. The van der Waals surface area contributed by atoms with Crippen LogP contribution in [-0.4, -0.2) is 32.9 Å². The lowest BCUT2D eigenvalue weighted by Gasteiger charge is -2.14. The lowest BCUT2D eigenvalue weighted by atomic mass is 10.0. The molecule has 1 rings (SSSR count). The average Bonchev–Trinajstić information content (AvgIpc) is 2.43. The largest absolute Gasteiger partial charge is 0.370 e. The van der Waals surface area contributed by atoms with E-state index < -0.39 is 9.84 Å². The first-order valence-corrected chi connectivity index (χ1v) is 9.28. The van der Waals surface area contributed by atoms with Crippen LogP contribution >= 0.6 is 24.0 Å². The molecular weight excluding hydrogens is 413 g/mol. The minimum Gasteiger partial charge on any atom is -0.370 e. The molecule has 0 unspecified atom stereocenters. The Morgan fingerprint density at radius 1 is 1.23 bits per heavy atom. The highest BCUT2D eigenvalue weighted by atomic mass is 127. The molecule has 0 aromatic heterocycles. The summed E-state index contributed by atoms with van der Waals surface area (Å²) in [6, 6.07) is 6.18. The van der Waals surface area contributed by atoms with Gasteiger partial charge in [-0.25, -0.2) is 8.42 Å². The Labute approximate surface area is 150 Å². The maximum absolute atomic E-state index is 11.0. The fourth-order valence-electron chi connectivity index (χ4n) is 2.10. The smallest absolute Gasteiger partial charge is 0.193 e. The van der Waals surface area contributed by atoms with E-state index in [1.165, 1.54) is 17.4 Å².